The highest BCUT2D eigenvalue weighted by Crippen LogP contribution is 2.19. The molecule has 0 radical (unpaired) electrons. The third kappa shape index (κ3) is 6.56. The summed E-state index contributed by atoms with van der Waals surface area (Å²) >= 11 is 6.04. The van der Waals surface area contributed by atoms with Crippen LogP contribution in [0.1, 0.15) is 32.7 Å². The number of amides is 2. The number of rotatable bonds is 6. The first-order valence-electron chi connectivity index (χ1n) is 9.47. The lowest BCUT2D eigenvalue weighted by Crippen LogP contribution is -2.33. The third-order valence-electron chi connectivity index (χ3n) is 4.71. The maximum atomic E-state index is 12.3. The fourth-order valence-electron chi connectivity index (χ4n) is 3.17. The number of carbonyl (C=O) groups excluding carboxylic acids is 2. The smallest absolute Gasteiger partial charge is 0.252 e. The van der Waals surface area contributed by atoms with E-state index in [1.54, 1.807) is 24.3 Å². The van der Waals surface area contributed by atoms with Crippen molar-refractivity contribution in [1.82, 2.24) is 10.6 Å². The summed E-state index contributed by atoms with van der Waals surface area (Å²) in [6, 6.07) is 14.5. The largest absolute Gasteiger partial charge is 0.400 e. The van der Waals surface area contributed by atoms with Crippen molar-refractivity contribution in [3.8, 4) is 0 Å². The molecule has 2 aromatic rings. The molecular weight excluding hydrogens is 392 g/mol. The van der Waals surface area contributed by atoms with Crippen LogP contribution in [-0.2, 0) is 4.74 Å². The fraction of sp³-hybridized carbons (Fsp3) is 0.364. The fourth-order valence-corrected chi connectivity index (χ4v) is 3.39. The molecule has 3 N–H and O–H groups in total. The van der Waals surface area contributed by atoms with E-state index < -0.39 is 0 Å². The number of hydrogen-bond donors (Lipinski definition) is 3. The molecule has 2 unspecified atom stereocenters. The molecule has 0 aromatic heterocycles. The predicted octanol–water partition coefficient (Wildman–Crippen LogP) is 2.82. The number of benzene rings is 2. The number of ether oxygens (including phenoxy) is 1. The maximum absolute atomic E-state index is 12.3. The molecule has 0 spiro atoms. The number of hydrogen-bond acceptors (Lipinski definition) is 4. The molecule has 7 heteroatoms. The van der Waals surface area contributed by atoms with Gasteiger partial charge < -0.3 is 20.5 Å². The van der Waals surface area contributed by atoms with Crippen LogP contribution in [0.25, 0.3) is 0 Å². The van der Waals surface area contributed by atoms with Crippen molar-refractivity contribution < 1.29 is 19.4 Å². The second-order valence-corrected chi connectivity index (χ2v) is 7.18. The number of carbonyl (C=O) groups is 2. The standard InChI is InChI=1S/C21H23ClN2O3.CH4O/c1-14-6-2-3-7-17(14)20(25)23-11-15-10-16(27-13-15)12-24-21(26)18-8-4-5-9-19(18)22;1-2/h2-9,15-16H,10-13H2,1H3,(H,23,25)(H,24,26);2H,1H3. The van der Waals surface area contributed by atoms with Crippen molar-refractivity contribution in [2.45, 2.75) is 19.4 Å². The van der Waals surface area contributed by atoms with Crippen molar-refractivity contribution >= 4 is 23.4 Å². The summed E-state index contributed by atoms with van der Waals surface area (Å²) in [5.74, 6) is -0.0377. The molecule has 6 nitrogen and oxygen atoms in total. The van der Waals surface area contributed by atoms with Gasteiger partial charge >= 0.3 is 0 Å². The first kappa shape index (κ1) is 22.9. The van der Waals surface area contributed by atoms with Gasteiger partial charge in [-0.25, -0.2) is 0 Å². The minimum atomic E-state index is -0.208. The van der Waals surface area contributed by atoms with Crippen LogP contribution in [0.2, 0.25) is 5.02 Å². The van der Waals surface area contributed by atoms with Crippen LogP contribution < -0.4 is 10.6 Å². The molecule has 0 saturated carbocycles. The molecule has 2 amide bonds. The van der Waals surface area contributed by atoms with E-state index in [1.165, 1.54) is 0 Å². The summed E-state index contributed by atoms with van der Waals surface area (Å²) in [5.41, 5.74) is 2.11. The molecule has 29 heavy (non-hydrogen) atoms. The zero-order valence-electron chi connectivity index (χ0n) is 16.7. The Morgan fingerprint density at radius 1 is 1.00 bits per heavy atom. The van der Waals surface area contributed by atoms with Gasteiger partial charge in [0.25, 0.3) is 11.8 Å². The van der Waals surface area contributed by atoms with Gasteiger partial charge in [0.1, 0.15) is 0 Å². The third-order valence-corrected chi connectivity index (χ3v) is 5.04. The monoisotopic (exact) mass is 418 g/mol. The minimum absolute atomic E-state index is 0.0585. The van der Waals surface area contributed by atoms with Gasteiger partial charge in [0.05, 0.1) is 23.3 Å². The van der Waals surface area contributed by atoms with Gasteiger partial charge in [-0.2, -0.15) is 0 Å². The van der Waals surface area contributed by atoms with Crippen LogP contribution in [0, 0.1) is 12.8 Å². The van der Waals surface area contributed by atoms with Crippen molar-refractivity contribution in [3.63, 3.8) is 0 Å². The molecule has 156 valence electrons. The van der Waals surface area contributed by atoms with Gasteiger partial charge in [-0.1, -0.05) is 41.9 Å². The summed E-state index contributed by atoms with van der Waals surface area (Å²) in [6.45, 7) is 3.47. The van der Waals surface area contributed by atoms with Gasteiger partial charge in [-0.05, 0) is 37.1 Å². The second-order valence-electron chi connectivity index (χ2n) is 6.77. The Hall–Kier alpha value is -2.41. The Balaban J connectivity index is 0.00000145. The normalized spacial score (nSPS) is 17.8. The van der Waals surface area contributed by atoms with Crippen LogP contribution >= 0.6 is 11.6 Å². The number of aliphatic hydroxyl groups excluding tert-OH is 1. The molecule has 2 atom stereocenters. The second kappa shape index (κ2) is 11.6. The average Bonchev–Trinajstić information content (AvgIpc) is 3.20. The Morgan fingerprint density at radius 2 is 1.59 bits per heavy atom. The van der Waals surface area contributed by atoms with Gasteiger partial charge in [0.15, 0.2) is 0 Å². The van der Waals surface area contributed by atoms with Crippen molar-refractivity contribution in [2.75, 3.05) is 26.8 Å². The van der Waals surface area contributed by atoms with Gasteiger partial charge in [0.2, 0.25) is 0 Å². The van der Waals surface area contributed by atoms with Crippen LogP contribution in [0.3, 0.4) is 0 Å². The van der Waals surface area contributed by atoms with Gasteiger partial charge in [-0.15, -0.1) is 0 Å². The summed E-state index contributed by atoms with van der Waals surface area (Å²) in [6.07, 6.45) is 0.730. The number of halogens is 1. The maximum Gasteiger partial charge on any atom is 0.252 e. The van der Waals surface area contributed by atoms with Crippen LogP contribution in [-0.4, -0.2) is 49.8 Å². The molecule has 0 aliphatic carbocycles. The van der Waals surface area contributed by atoms with Crippen molar-refractivity contribution in [2.24, 2.45) is 5.92 Å². The van der Waals surface area contributed by atoms with E-state index in [0.717, 1.165) is 19.1 Å². The summed E-state index contributed by atoms with van der Waals surface area (Å²) in [4.78, 5) is 24.5. The van der Waals surface area contributed by atoms with E-state index in [1.807, 2.05) is 31.2 Å². The van der Waals surface area contributed by atoms with Crippen LogP contribution in [0.5, 0.6) is 0 Å². The van der Waals surface area contributed by atoms with Crippen molar-refractivity contribution in [1.29, 1.82) is 0 Å². The number of aryl methyl sites for hydroxylation is 1. The van der Waals surface area contributed by atoms with Crippen LogP contribution in [0.15, 0.2) is 48.5 Å². The molecule has 0 bridgehead atoms. The quantitative estimate of drug-likeness (QED) is 0.673. The first-order valence-corrected chi connectivity index (χ1v) is 9.85. The zero-order chi connectivity index (χ0) is 21.2. The van der Waals surface area contributed by atoms with E-state index in [-0.39, 0.29) is 23.8 Å². The lowest BCUT2D eigenvalue weighted by atomic mass is 10.0. The highest BCUT2D eigenvalue weighted by Gasteiger charge is 2.26. The Kier molecular flexibility index (Phi) is 9.12. The van der Waals surface area contributed by atoms with Crippen molar-refractivity contribution in [3.05, 3.63) is 70.2 Å². The highest BCUT2D eigenvalue weighted by atomic mass is 35.5. The molecule has 3 rings (SSSR count). The molecule has 1 fully saturated rings. The van der Waals surface area contributed by atoms with E-state index >= 15 is 0 Å². The SMILES string of the molecule is CO.Cc1ccccc1C(=O)NCC1COC(CNC(=O)c2ccccc2Cl)C1. The molecule has 1 saturated heterocycles. The summed E-state index contributed by atoms with van der Waals surface area (Å²) < 4.78 is 5.74. The molecular formula is C22H27ClN2O4. The van der Waals surface area contributed by atoms with E-state index in [0.29, 0.717) is 35.8 Å². The Labute approximate surface area is 176 Å². The average molecular weight is 419 g/mol. The van der Waals surface area contributed by atoms with E-state index in [2.05, 4.69) is 10.6 Å². The zero-order valence-corrected chi connectivity index (χ0v) is 17.4. The number of nitrogens with one attached hydrogen (secondary N) is 2. The lowest BCUT2D eigenvalue weighted by Gasteiger charge is -2.12. The molecule has 1 aliphatic heterocycles. The van der Waals surface area contributed by atoms with E-state index in [9.17, 15) is 9.59 Å². The first-order chi connectivity index (χ1) is 14.0. The van der Waals surface area contributed by atoms with E-state index in [4.69, 9.17) is 21.4 Å². The molecule has 1 aliphatic rings. The highest BCUT2D eigenvalue weighted by molar-refractivity contribution is 6.33. The number of aliphatic hydroxyl groups is 1. The molecule has 2 aromatic carbocycles. The lowest BCUT2D eigenvalue weighted by molar-refractivity contribution is 0.0843. The Morgan fingerprint density at radius 3 is 2.28 bits per heavy atom. The Bertz CT molecular complexity index is 760. The topological polar surface area (TPSA) is 87.7 Å². The van der Waals surface area contributed by atoms with Crippen LogP contribution in [0.4, 0.5) is 0 Å². The van der Waals surface area contributed by atoms with Gasteiger partial charge in [0, 0.05) is 31.7 Å². The van der Waals surface area contributed by atoms with Gasteiger partial charge in [-0.3, -0.25) is 9.59 Å². The minimum Gasteiger partial charge on any atom is -0.400 e. The summed E-state index contributed by atoms with van der Waals surface area (Å²) in [5, 5.41) is 13.3. The summed E-state index contributed by atoms with van der Waals surface area (Å²) in [7, 11) is 1.00. The molecule has 1 heterocycles. The predicted molar refractivity (Wildman–Crippen MR) is 113 cm³/mol.